The fourth-order valence-electron chi connectivity index (χ4n) is 2.68. The van der Waals surface area contributed by atoms with Crippen LogP contribution < -0.4 is 15.4 Å². The van der Waals surface area contributed by atoms with Crippen molar-refractivity contribution in [3.8, 4) is 5.75 Å². The summed E-state index contributed by atoms with van der Waals surface area (Å²) in [7, 11) is 1.65. The van der Waals surface area contributed by atoms with Crippen LogP contribution in [0.5, 0.6) is 5.75 Å². The van der Waals surface area contributed by atoms with E-state index in [-0.39, 0.29) is 11.7 Å². The van der Waals surface area contributed by atoms with Crippen molar-refractivity contribution in [1.82, 2.24) is 10.3 Å². The van der Waals surface area contributed by atoms with E-state index in [9.17, 15) is 9.18 Å². The first-order valence-corrected chi connectivity index (χ1v) is 8.99. The van der Waals surface area contributed by atoms with Crippen molar-refractivity contribution >= 4 is 11.6 Å². The first kappa shape index (κ1) is 19.4. The number of anilines is 1. The van der Waals surface area contributed by atoms with E-state index in [1.54, 1.807) is 31.5 Å². The molecule has 0 unspecified atom stereocenters. The highest BCUT2D eigenvalue weighted by Gasteiger charge is 2.08. The Kier molecular flexibility index (Phi) is 6.57. The average Bonchev–Trinajstić information content (AvgIpc) is 2.74. The number of halogens is 1. The minimum Gasteiger partial charge on any atom is -0.497 e. The van der Waals surface area contributed by atoms with Gasteiger partial charge in [0.2, 0.25) is 0 Å². The first-order chi connectivity index (χ1) is 13.6. The number of rotatable bonds is 8. The number of aromatic nitrogens is 1. The van der Waals surface area contributed by atoms with Gasteiger partial charge in [-0.25, -0.2) is 4.39 Å². The molecule has 0 aliphatic rings. The van der Waals surface area contributed by atoms with Crippen molar-refractivity contribution in [3.05, 3.63) is 89.5 Å². The van der Waals surface area contributed by atoms with Crippen molar-refractivity contribution in [2.75, 3.05) is 19.0 Å². The van der Waals surface area contributed by atoms with Crippen molar-refractivity contribution in [1.29, 1.82) is 0 Å². The summed E-state index contributed by atoms with van der Waals surface area (Å²) < 4.78 is 18.1. The van der Waals surface area contributed by atoms with Gasteiger partial charge in [-0.15, -0.1) is 0 Å². The second kappa shape index (κ2) is 9.50. The molecule has 0 radical (unpaired) electrons. The molecule has 0 saturated heterocycles. The Hall–Kier alpha value is -3.41. The van der Waals surface area contributed by atoms with Crippen LogP contribution in [0.2, 0.25) is 0 Å². The molecule has 1 amide bonds. The van der Waals surface area contributed by atoms with E-state index in [0.717, 1.165) is 30.0 Å². The van der Waals surface area contributed by atoms with Crippen LogP contribution in [0.3, 0.4) is 0 Å². The molecule has 5 nitrogen and oxygen atoms in total. The van der Waals surface area contributed by atoms with E-state index in [1.807, 2.05) is 30.3 Å². The monoisotopic (exact) mass is 379 g/mol. The van der Waals surface area contributed by atoms with E-state index in [4.69, 9.17) is 4.74 Å². The third-order valence-corrected chi connectivity index (χ3v) is 4.26. The Morgan fingerprint density at radius 2 is 1.75 bits per heavy atom. The second-order valence-electron chi connectivity index (χ2n) is 6.26. The number of amides is 1. The fourth-order valence-corrected chi connectivity index (χ4v) is 2.68. The third kappa shape index (κ3) is 5.54. The number of ether oxygens (including phenoxy) is 1. The summed E-state index contributed by atoms with van der Waals surface area (Å²) in [4.78, 5) is 16.4. The molecule has 0 aliphatic heterocycles. The molecule has 144 valence electrons. The second-order valence-corrected chi connectivity index (χ2v) is 6.26. The third-order valence-electron chi connectivity index (χ3n) is 4.26. The Labute approximate surface area is 163 Å². The molecule has 1 heterocycles. The molecule has 2 N–H and O–H groups in total. The van der Waals surface area contributed by atoms with Crippen LogP contribution in [0.15, 0.2) is 66.9 Å². The molecule has 0 spiro atoms. The summed E-state index contributed by atoms with van der Waals surface area (Å²) >= 11 is 0. The largest absolute Gasteiger partial charge is 0.497 e. The summed E-state index contributed by atoms with van der Waals surface area (Å²) in [6.07, 6.45) is 2.45. The molecular weight excluding hydrogens is 357 g/mol. The van der Waals surface area contributed by atoms with Crippen LogP contribution in [-0.4, -0.2) is 24.5 Å². The molecule has 28 heavy (non-hydrogen) atoms. The summed E-state index contributed by atoms with van der Waals surface area (Å²) in [5.74, 6) is 0.260. The lowest BCUT2D eigenvalue weighted by Gasteiger charge is -2.09. The minimum atomic E-state index is -0.301. The molecule has 1 aromatic heterocycles. The minimum absolute atomic E-state index is 0.275. The molecule has 3 aromatic rings. The lowest BCUT2D eigenvalue weighted by Crippen LogP contribution is -2.24. The molecule has 3 rings (SSSR count). The maximum atomic E-state index is 12.9. The van der Waals surface area contributed by atoms with Gasteiger partial charge in [-0.2, -0.15) is 0 Å². The zero-order valence-electron chi connectivity index (χ0n) is 15.6. The molecule has 0 saturated carbocycles. The number of carbonyl (C=O) groups is 1. The van der Waals surface area contributed by atoms with Crippen LogP contribution in [0.4, 0.5) is 10.1 Å². The number of methoxy groups -OCH3 is 1. The number of nitrogens with zero attached hydrogens (tertiary/aromatic N) is 1. The van der Waals surface area contributed by atoms with Crippen LogP contribution in [-0.2, 0) is 13.0 Å². The van der Waals surface area contributed by atoms with Crippen LogP contribution in [0.25, 0.3) is 0 Å². The normalized spacial score (nSPS) is 10.4. The van der Waals surface area contributed by atoms with Crippen molar-refractivity contribution in [2.24, 2.45) is 0 Å². The number of hydrogen-bond donors (Lipinski definition) is 2. The molecule has 2 aromatic carbocycles. The number of pyridine rings is 1. The van der Waals surface area contributed by atoms with Gasteiger partial charge >= 0.3 is 0 Å². The number of hydrogen-bond acceptors (Lipinski definition) is 4. The van der Waals surface area contributed by atoms with Gasteiger partial charge in [0.15, 0.2) is 0 Å². The number of benzene rings is 2. The molecule has 0 aliphatic carbocycles. The topological polar surface area (TPSA) is 63.2 Å². The van der Waals surface area contributed by atoms with E-state index < -0.39 is 0 Å². The summed E-state index contributed by atoms with van der Waals surface area (Å²) in [6, 6.07) is 17.5. The highest BCUT2D eigenvalue weighted by atomic mass is 19.1. The Bertz CT molecular complexity index is 912. The van der Waals surface area contributed by atoms with Gasteiger partial charge in [0.1, 0.15) is 17.3 Å². The Morgan fingerprint density at radius 3 is 2.46 bits per heavy atom. The smallest absolute Gasteiger partial charge is 0.270 e. The first-order valence-electron chi connectivity index (χ1n) is 8.99. The zero-order valence-corrected chi connectivity index (χ0v) is 15.6. The van der Waals surface area contributed by atoms with Gasteiger partial charge in [-0.1, -0.05) is 24.3 Å². The highest BCUT2D eigenvalue weighted by molar-refractivity contribution is 5.93. The van der Waals surface area contributed by atoms with Gasteiger partial charge in [0, 0.05) is 25.0 Å². The quantitative estimate of drug-likeness (QED) is 0.625. The van der Waals surface area contributed by atoms with Gasteiger partial charge < -0.3 is 15.4 Å². The Morgan fingerprint density at radius 1 is 1.04 bits per heavy atom. The van der Waals surface area contributed by atoms with Crippen molar-refractivity contribution in [3.63, 3.8) is 0 Å². The van der Waals surface area contributed by atoms with E-state index in [0.29, 0.717) is 12.2 Å². The molecular formula is C22H22FN3O2. The van der Waals surface area contributed by atoms with Gasteiger partial charge in [0.05, 0.1) is 7.11 Å². The van der Waals surface area contributed by atoms with Crippen LogP contribution in [0, 0.1) is 5.82 Å². The van der Waals surface area contributed by atoms with Gasteiger partial charge in [0.25, 0.3) is 5.91 Å². The van der Waals surface area contributed by atoms with Gasteiger partial charge in [-0.3, -0.25) is 9.78 Å². The van der Waals surface area contributed by atoms with Crippen LogP contribution >= 0.6 is 0 Å². The van der Waals surface area contributed by atoms with E-state index in [1.165, 1.54) is 17.7 Å². The predicted octanol–water partition coefficient (Wildman–Crippen LogP) is 3.81. The highest BCUT2D eigenvalue weighted by Crippen LogP contribution is 2.13. The lowest BCUT2D eigenvalue weighted by atomic mass is 10.1. The van der Waals surface area contributed by atoms with E-state index in [2.05, 4.69) is 15.6 Å². The Balaban J connectivity index is 1.50. The number of carbonyl (C=O) groups excluding carboxylic acids is 1. The molecule has 6 heteroatoms. The number of nitrogens with one attached hydrogen (secondary N) is 2. The summed E-state index contributed by atoms with van der Waals surface area (Å²) in [5, 5.41) is 6.10. The lowest BCUT2D eigenvalue weighted by molar-refractivity contribution is 0.0946. The SMILES string of the molecule is COc1ccc(CCNc2ccnc(C(=O)NCc3ccc(F)cc3)c2)cc1. The average molecular weight is 379 g/mol. The van der Waals surface area contributed by atoms with Crippen molar-refractivity contribution < 1.29 is 13.9 Å². The zero-order chi connectivity index (χ0) is 19.8. The molecule has 0 fully saturated rings. The standard InChI is InChI=1S/C22H22FN3O2/c1-28-20-8-4-16(5-9-20)10-12-24-19-11-13-25-21(14-19)22(27)26-15-17-2-6-18(23)7-3-17/h2-9,11,13-14H,10,12,15H2,1H3,(H,24,25)(H,26,27). The predicted molar refractivity (Wildman–Crippen MR) is 107 cm³/mol. The summed E-state index contributed by atoms with van der Waals surface area (Å²) in [5.41, 5.74) is 3.18. The maximum absolute atomic E-state index is 12.9. The van der Waals surface area contributed by atoms with Gasteiger partial charge in [-0.05, 0) is 53.9 Å². The van der Waals surface area contributed by atoms with Crippen molar-refractivity contribution in [2.45, 2.75) is 13.0 Å². The maximum Gasteiger partial charge on any atom is 0.270 e. The molecule has 0 atom stereocenters. The fraction of sp³-hybridized carbons (Fsp3) is 0.182. The summed E-state index contributed by atoms with van der Waals surface area (Å²) in [6.45, 7) is 1.04. The molecule has 0 bridgehead atoms. The van der Waals surface area contributed by atoms with Crippen LogP contribution in [0.1, 0.15) is 21.6 Å². The van der Waals surface area contributed by atoms with E-state index >= 15 is 0 Å².